The summed E-state index contributed by atoms with van der Waals surface area (Å²) >= 11 is 0. The molecule has 0 spiro atoms. The van der Waals surface area contributed by atoms with E-state index in [0.717, 1.165) is 40.2 Å². The van der Waals surface area contributed by atoms with E-state index in [0.29, 0.717) is 31.1 Å². The van der Waals surface area contributed by atoms with Crippen molar-refractivity contribution in [3.63, 3.8) is 0 Å². The van der Waals surface area contributed by atoms with Gasteiger partial charge in [-0.2, -0.15) is 0 Å². The van der Waals surface area contributed by atoms with Gasteiger partial charge in [-0.05, 0) is 71.5 Å². The molecule has 6 rings (SSSR count). The summed E-state index contributed by atoms with van der Waals surface area (Å²) < 4.78 is 18.5. The molecule has 2 heterocycles. The molecule has 0 aromatic heterocycles. The number of carboxylic acid groups (broad SMARTS) is 1. The highest BCUT2D eigenvalue weighted by molar-refractivity contribution is 5.75. The molecule has 39 heavy (non-hydrogen) atoms. The maximum atomic E-state index is 12.3. The van der Waals surface area contributed by atoms with Crippen LogP contribution in [0.3, 0.4) is 0 Å². The Balaban J connectivity index is 1.22. The van der Waals surface area contributed by atoms with Crippen LogP contribution >= 0.6 is 0 Å². The van der Waals surface area contributed by atoms with Crippen molar-refractivity contribution in [1.82, 2.24) is 4.90 Å². The van der Waals surface area contributed by atoms with Crippen molar-refractivity contribution in [3.05, 3.63) is 119 Å². The van der Waals surface area contributed by atoms with Crippen LogP contribution in [-0.4, -0.2) is 28.6 Å². The monoisotopic (exact) mass is 521 g/mol. The van der Waals surface area contributed by atoms with Gasteiger partial charge < -0.3 is 19.3 Å². The minimum Gasteiger partial charge on any atom is -0.485 e. The van der Waals surface area contributed by atoms with E-state index in [2.05, 4.69) is 24.0 Å². The molecule has 3 atom stereocenters. The number of fused-ring (bicyclic) bond motifs is 2. The van der Waals surface area contributed by atoms with Gasteiger partial charge in [-0.15, -0.1) is 0 Å². The van der Waals surface area contributed by atoms with E-state index in [-0.39, 0.29) is 12.1 Å². The van der Waals surface area contributed by atoms with Crippen molar-refractivity contribution in [2.75, 3.05) is 6.61 Å². The van der Waals surface area contributed by atoms with Crippen LogP contribution in [0, 0.1) is 0 Å². The fourth-order valence-corrected chi connectivity index (χ4v) is 5.60. The predicted molar refractivity (Wildman–Crippen MR) is 148 cm³/mol. The first kappa shape index (κ1) is 25.0. The molecule has 1 N–H and O–H groups in total. The lowest BCUT2D eigenvalue weighted by molar-refractivity contribution is -0.145. The second kappa shape index (κ2) is 10.8. The summed E-state index contributed by atoms with van der Waals surface area (Å²) in [5.41, 5.74) is 4.22. The molecular weight excluding hydrogens is 490 g/mol. The number of para-hydroxylation sites is 1. The lowest BCUT2D eigenvalue weighted by Gasteiger charge is -2.40. The number of hydrogen-bond donors (Lipinski definition) is 1. The van der Waals surface area contributed by atoms with E-state index in [9.17, 15) is 9.90 Å². The number of ether oxygens (including phenoxy) is 3. The van der Waals surface area contributed by atoms with Gasteiger partial charge in [0.15, 0.2) is 17.6 Å². The molecule has 4 aromatic rings. The molecule has 198 valence electrons. The smallest absolute Gasteiger partial charge is 0.321 e. The predicted octanol–water partition coefficient (Wildman–Crippen LogP) is 6.95. The van der Waals surface area contributed by atoms with E-state index >= 15 is 0 Å². The minimum absolute atomic E-state index is 0.0121. The third kappa shape index (κ3) is 5.20. The normalized spacial score (nSPS) is 19.1. The van der Waals surface area contributed by atoms with Gasteiger partial charge in [-0.25, -0.2) is 0 Å². The summed E-state index contributed by atoms with van der Waals surface area (Å²) in [5, 5.41) is 10.1. The number of nitrogens with zero attached hydrogens (tertiary/aromatic N) is 1. The number of aliphatic carboxylic acids is 1. The molecule has 0 aliphatic carbocycles. The highest BCUT2D eigenvalue weighted by Gasteiger charge is 2.37. The number of hydrogen-bond acceptors (Lipinski definition) is 5. The van der Waals surface area contributed by atoms with E-state index in [1.54, 1.807) is 0 Å². The van der Waals surface area contributed by atoms with E-state index < -0.39 is 12.0 Å². The molecule has 0 unspecified atom stereocenters. The molecule has 6 heteroatoms. The summed E-state index contributed by atoms with van der Waals surface area (Å²) in [6.45, 7) is 3.02. The van der Waals surface area contributed by atoms with Crippen LogP contribution in [0.1, 0.15) is 47.7 Å². The quantitative estimate of drug-likeness (QED) is 0.284. The Morgan fingerprint density at radius 2 is 1.59 bits per heavy atom. The van der Waals surface area contributed by atoms with Gasteiger partial charge in [-0.3, -0.25) is 9.69 Å². The van der Waals surface area contributed by atoms with Crippen LogP contribution in [0.25, 0.3) is 0 Å². The zero-order valence-corrected chi connectivity index (χ0v) is 21.8. The van der Waals surface area contributed by atoms with Crippen molar-refractivity contribution in [3.8, 4) is 23.0 Å². The molecule has 0 radical (unpaired) electrons. The molecule has 2 aliphatic heterocycles. The van der Waals surface area contributed by atoms with Crippen molar-refractivity contribution in [2.24, 2.45) is 0 Å². The first-order valence-corrected chi connectivity index (χ1v) is 13.4. The molecular formula is C33H31NO5. The van der Waals surface area contributed by atoms with Crippen molar-refractivity contribution >= 4 is 5.97 Å². The van der Waals surface area contributed by atoms with Gasteiger partial charge in [0.25, 0.3) is 0 Å². The Bertz CT molecular complexity index is 1440. The largest absolute Gasteiger partial charge is 0.485 e. The van der Waals surface area contributed by atoms with Crippen LogP contribution in [0.5, 0.6) is 23.0 Å². The number of carboxylic acids is 1. The number of benzene rings is 4. The molecule has 4 aromatic carbocycles. The maximum absolute atomic E-state index is 12.3. The van der Waals surface area contributed by atoms with Crippen molar-refractivity contribution < 1.29 is 24.1 Å². The van der Waals surface area contributed by atoms with Gasteiger partial charge in [0.2, 0.25) is 0 Å². The number of carbonyl (C=O) groups is 1. The fourth-order valence-electron chi connectivity index (χ4n) is 5.60. The molecule has 0 fully saturated rings. The van der Waals surface area contributed by atoms with Crippen LogP contribution in [0.2, 0.25) is 0 Å². The number of rotatable bonds is 7. The third-order valence-electron chi connectivity index (χ3n) is 7.58. The van der Waals surface area contributed by atoms with E-state index in [1.165, 1.54) is 0 Å². The van der Waals surface area contributed by atoms with Crippen molar-refractivity contribution in [1.29, 1.82) is 0 Å². The molecule has 0 amide bonds. The summed E-state index contributed by atoms with van der Waals surface area (Å²) in [7, 11) is 0. The first-order chi connectivity index (χ1) is 19.1. The Hall–Kier alpha value is -4.29. The van der Waals surface area contributed by atoms with Crippen LogP contribution in [0.15, 0.2) is 97.1 Å². The highest BCUT2D eigenvalue weighted by atomic mass is 16.6. The summed E-state index contributed by atoms with van der Waals surface area (Å²) in [5.74, 6) is 2.11. The molecule has 0 saturated heterocycles. The Morgan fingerprint density at radius 1 is 0.923 bits per heavy atom. The second-order valence-corrected chi connectivity index (χ2v) is 10.0. The fraction of sp³-hybridized carbons (Fsp3) is 0.242. The molecule has 0 bridgehead atoms. The lowest BCUT2D eigenvalue weighted by Crippen LogP contribution is -2.47. The highest BCUT2D eigenvalue weighted by Crippen LogP contribution is 2.42. The molecule has 2 aliphatic rings. The topological polar surface area (TPSA) is 68.2 Å². The average molecular weight is 522 g/mol. The standard InChI is InChI=1S/C33H31NO5/c1-2-28(22-9-5-3-6-10-22)34-20-25-19-31-30(18-24(25)17-29(34)33(35)36)37-21-32(39-31)23-13-15-27(16-14-23)38-26-11-7-4-8-12-26/h3-16,18-19,28-29,32H,2,17,20-21H2,1H3,(H,35,36)/t28-,29-,32+/m0/s1. The minimum atomic E-state index is -0.801. The average Bonchev–Trinajstić information content (AvgIpc) is 2.97. The Labute approximate surface area is 228 Å². The van der Waals surface area contributed by atoms with Gasteiger partial charge in [0.05, 0.1) is 0 Å². The van der Waals surface area contributed by atoms with E-state index in [4.69, 9.17) is 14.2 Å². The van der Waals surface area contributed by atoms with Gasteiger partial charge in [0.1, 0.15) is 24.1 Å². The van der Waals surface area contributed by atoms with Crippen LogP contribution in [0.4, 0.5) is 0 Å². The summed E-state index contributed by atoms with van der Waals surface area (Å²) in [6, 6.07) is 31.1. The first-order valence-electron chi connectivity index (χ1n) is 13.4. The summed E-state index contributed by atoms with van der Waals surface area (Å²) in [4.78, 5) is 14.4. The zero-order valence-electron chi connectivity index (χ0n) is 21.8. The molecule has 0 saturated carbocycles. The summed E-state index contributed by atoms with van der Waals surface area (Å²) in [6.07, 6.45) is 0.997. The van der Waals surface area contributed by atoms with Crippen LogP contribution in [-0.2, 0) is 17.8 Å². The third-order valence-corrected chi connectivity index (χ3v) is 7.58. The zero-order chi connectivity index (χ0) is 26.8. The Kier molecular flexibility index (Phi) is 6.95. The SMILES string of the molecule is CC[C@@H](c1ccccc1)N1Cc2cc3c(cc2C[C@H]1C(=O)O)OC[C@H](c1ccc(Oc2ccccc2)cc1)O3. The van der Waals surface area contributed by atoms with Crippen LogP contribution < -0.4 is 14.2 Å². The van der Waals surface area contributed by atoms with Gasteiger partial charge in [-0.1, -0.05) is 67.6 Å². The van der Waals surface area contributed by atoms with Gasteiger partial charge >= 0.3 is 5.97 Å². The Morgan fingerprint density at radius 3 is 2.28 bits per heavy atom. The van der Waals surface area contributed by atoms with Crippen molar-refractivity contribution in [2.45, 2.75) is 44.5 Å². The van der Waals surface area contributed by atoms with Gasteiger partial charge in [0, 0.05) is 12.6 Å². The van der Waals surface area contributed by atoms with E-state index in [1.807, 2.05) is 84.9 Å². The molecule has 6 nitrogen and oxygen atoms in total. The second-order valence-electron chi connectivity index (χ2n) is 10.0. The maximum Gasteiger partial charge on any atom is 0.321 e. The lowest BCUT2D eigenvalue weighted by atomic mass is 9.89.